The predicted octanol–water partition coefficient (Wildman–Crippen LogP) is 2.70. The highest BCUT2D eigenvalue weighted by Gasteiger charge is 2.09. The average Bonchev–Trinajstić information content (AvgIpc) is 2.66. The lowest BCUT2D eigenvalue weighted by atomic mass is 10.1. The van der Waals surface area contributed by atoms with Crippen LogP contribution in [-0.2, 0) is 16.1 Å². The molecule has 7 heteroatoms. The van der Waals surface area contributed by atoms with Crippen LogP contribution in [0, 0.1) is 0 Å². The first-order valence-corrected chi connectivity index (χ1v) is 8.31. The summed E-state index contributed by atoms with van der Waals surface area (Å²) < 4.78 is 15.8. The number of benzene rings is 2. The molecule has 1 amide bonds. The molecule has 0 aliphatic carbocycles. The van der Waals surface area contributed by atoms with Crippen molar-refractivity contribution in [3.63, 3.8) is 0 Å². The first-order chi connectivity index (χ1) is 13.1. The molecule has 1 aromatic heterocycles. The van der Waals surface area contributed by atoms with Crippen LogP contribution in [-0.4, -0.2) is 31.7 Å². The summed E-state index contributed by atoms with van der Waals surface area (Å²) in [6.07, 6.45) is 0. The molecule has 0 bridgehead atoms. The lowest BCUT2D eigenvalue weighted by Gasteiger charge is -2.11. The Bertz CT molecular complexity index is 1010. The summed E-state index contributed by atoms with van der Waals surface area (Å²) in [5.41, 5.74) is 1.74. The second kappa shape index (κ2) is 8.37. The van der Waals surface area contributed by atoms with Crippen molar-refractivity contribution in [2.75, 3.05) is 26.1 Å². The number of pyridine rings is 1. The number of hydrogen-bond acceptors (Lipinski definition) is 5. The summed E-state index contributed by atoms with van der Waals surface area (Å²) in [5.74, 6) is 0.720. The van der Waals surface area contributed by atoms with Gasteiger partial charge >= 0.3 is 0 Å². The van der Waals surface area contributed by atoms with E-state index in [1.54, 1.807) is 37.4 Å². The Kier molecular flexibility index (Phi) is 5.73. The standard InChI is InChI=1S/C20H20N2O5/c1-25-11-13-9-19(23)22-16-10-14(7-8-15(13)16)21-20(24)12-27-18-6-4-3-5-17(18)26-2/h3-10H,11-12H2,1-2H3,(H,21,24)(H,22,23). The Labute approximate surface area is 155 Å². The summed E-state index contributed by atoms with van der Waals surface area (Å²) in [4.78, 5) is 26.8. The Balaban J connectivity index is 1.72. The molecule has 2 N–H and O–H groups in total. The number of methoxy groups -OCH3 is 2. The maximum atomic E-state index is 12.2. The zero-order valence-electron chi connectivity index (χ0n) is 15.1. The molecule has 0 unspecified atom stereocenters. The smallest absolute Gasteiger partial charge is 0.262 e. The van der Waals surface area contributed by atoms with E-state index in [-0.39, 0.29) is 18.1 Å². The number of aromatic nitrogens is 1. The van der Waals surface area contributed by atoms with E-state index in [1.807, 2.05) is 12.1 Å². The molecule has 0 aliphatic rings. The Hall–Kier alpha value is -3.32. The van der Waals surface area contributed by atoms with Gasteiger partial charge < -0.3 is 24.5 Å². The zero-order valence-corrected chi connectivity index (χ0v) is 15.1. The van der Waals surface area contributed by atoms with E-state index in [9.17, 15) is 9.59 Å². The quantitative estimate of drug-likeness (QED) is 0.669. The van der Waals surface area contributed by atoms with Crippen molar-refractivity contribution in [3.05, 3.63) is 64.4 Å². The normalized spacial score (nSPS) is 10.6. The molecule has 0 aliphatic heterocycles. The Morgan fingerprint density at radius 1 is 1.07 bits per heavy atom. The van der Waals surface area contributed by atoms with Crippen molar-refractivity contribution in [2.45, 2.75) is 6.61 Å². The zero-order chi connectivity index (χ0) is 19.2. The number of H-pyrrole nitrogens is 1. The van der Waals surface area contributed by atoms with Gasteiger partial charge in [-0.2, -0.15) is 0 Å². The molecule has 140 valence electrons. The molecule has 0 saturated heterocycles. The van der Waals surface area contributed by atoms with E-state index in [1.165, 1.54) is 13.2 Å². The molecule has 7 nitrogen and oxygen atoms in total. The minimum absolute atomic E-state index is 0.168. The second-order valence-corrected chi connectivity index (χ2v) is 5.84. The number of para-hydroxylation sites is 2. The predicted molar refractivity (Wildman–Crippen MR) is 102 cm³/mol. The lowest BCUT2D eigenvalue weighted by Crippen LogP contribution is -2.20. The van der Waals surface area contributed by atoms with Gasteiger partial charge in [-0.1, -0.05) is 18.2 Å². The van der Waals surface area contributed by atoms with Crippen LogP contribution < -0.4 is 20.3 Å². The molecule has 0 spiro atoms. The van der Waals surface area contributed by atoms with Gasteiger partial charge in [0.1, 0.15) is 0 Å². The molecular formula is C20H20N2O5. The molecule has 27 heavy (non-hydrogen) atoms. The summed E-state index contributed by atoms with van der Waals surface area (Å²) >= 11 is 0. The van der Waals surface area contributed by atoms with Crippen LogP contribution in [0.25, 0.3) is 10.9 Å². The third-order valence-electron chi connectivity index (χ3n) is 3.94. The maximum Gasteiger partial charge on any atom is 0.262 e. The number of ether oxygens (including phenoxy) is 3. The molecule has 2 aromatic carbocycles. The number of amides is 1. The van der Waals surface area contributed by atoms with Gasteiger partial charge in [-0.15, -0.1) is 0 Å². The SMILES string of the molecule is COCc1cc(=O)[nH]c2cc(NC(=O)COc3ccccc3OC)ccc12. The number of carbonyl (C=O) groups excluding carboxylic acids is 1. The fraction of sp³-hybridized carbons (Fsp3) is 0.200. The average molecular weight is 368 g/mol. The Morgan fingerprint density at radius 2 is 1.85 bits per heavy atom. The van der Waals surface area contributed by atoms with Gasteiger partial charge in [-0.25, -0.2) is 0 Å². The van der Waals surface area contributed by atoms with Crippen LogP contribution in [0.5, 0.6) is 11.5 Å². The molecule has 0 saturated carbocycles. The van der Waals surface area contributed by atoms with Gasteiger partial charge in [0.2, 0.25) is 5.56 Å². The van der Waals surface area contributed by atoms with Gasteiger partial charge in [0.05, 0.1) is 19.2 Å². The van der Waals surface area contributed by atoms with Gasteiger partial charge in [-0.3, -0.25) is 9.59 Å². The van der Waals surface area contributed by atoms with E-state index in [0.717, 1.165) is 10.9 Å². The fourth-order valence-electron chi connectivity index (χ4n) is 2.76. The van der Waals surface area contributed by atoms with Crippen molar-refractivity contribution in [2.24, 2.45) is 0 Å². The largest absolute Gasteiger partial charge is 0.493 e. The molecular weight excluding hydrogens is 348 g/mol. The third kappa shape index (κ3) is 4.45. The molecule has 3 rings (SSSR count). The van der Waals surface area contributed by atoms with Gasteiger partial charge in [0.15, 0.2) is 18.1 Å². The van der Waals surface area contributed by atoms with Crippen molar-refractivity contribution >= 4 is 22.5 Å². The van der Waals surface area contributed by atoms with E-state index >= 15 is 0 Å². The molecule has 3 aromatic rings. The van der Waals surface area contributed by atoms with Gasteiger partial charge in [0.25, 0.3) is 5.91 Å². The molecule has 0 atom stereocenters. The lowest BCUT2D eigenvalue weighted by molar-refractivity contribution is -0.118. The van der Waals surface area contributed by atoms with Crippen LogP contribution in [0.2, 0.25) is 0 Å². The number of fused-ring (bicyclic) bond motifs is 1. The van der Waals surface area contributed by atoms with E-state index in [4.69, 9.17) is 14.2 Å². The minimum atomic E-state index is -0.323. The van der Waals surface area contributed by atoms with E-state index < -0.39 is 0 Å². The van der Waals surface area contributed by atoms with Gasteiger partial charge in [0, 0.05) is 24.2 Å². The topological polar surface area (TPSA) is 89.7 Å². The van der Waals surface area contributed by atoms with Crippen molar-refractivity contribution in [1.29, 1.82) is 0 Å². The summed E-state index contributed by atoms with van der Waals surface area (Å²) in [5, 5.41) is 3.62. The summed E-state index contributed by atoms with van der Waals surface area (Å²) in [6, 6.07) is 13.9. The number of nitrogens with one attached hydrogen (secondary N) is 2. The molecule has 1 heterocycles. The van der Waals surface area contributed by atoms with Crippen LogP contribution in [0.15, 0.2) is 53.3 Å². The monoisotopic (exact) mass is 368 g/mol. The second-order valence-electron chi connectivity index (χ2n) is 5.84. The first-order valence-electron chi connectivity index (χ1n) is 8.31. The molecule has 0 radical (unpaired) electrons. The maximum absolute atomic E-state index is 12.2. The highest BCUT2D eigenvalue weighted by atomic mass is 16.5. The third-order valence-corrected chi connectivity index (χ3v) is 3.94. The van der Waals surface area contributed by atoms with Crippen molar-refractivity contribution in [1.82, 2.24) is 4.98 Å². The number of anilines is 1. The fourth-order valence-corrected chi connectivity index (χ4v) is 2.76. The van der Waals surface area contributed by atoms with Gasteiger partial charge in [-0.05, 0) is 29.8 Å². The van der Waals surface area contributed by atoms with E-state index in [0.29, 0.717) is 29.3 Å². The van der Waals surface area contributed by atoms with E-state index in [2.05, 4.69) is 10.3 Å². The van der Waals surface area contributed by atoms with Crippen LogP contribution in [0.4, 0.5) is 5.69 Å². The number of carbonyl (C=O) groups is 1. The summed E-state index contributed by atoms with van der Waals surface area (Å²) in [7, 11) is 3.11. The number of rotatable bonds is 7. The van der Waals surface area contributed by atoms with Crippen molar-refractivity contribution in [3.8, 4) is 11.5 Å². The number of aromatic amines is 1. The Morgan fingerprint density at radius 3 is 2.59 bits per heavy atom. The highest BCUT2D eigenvalue weighted by molar-refractivity contribution is 5.94. The van der Waals surface area contributed by atoms with Crippen LogP contribution >= 0.6 is 0 Å². The molecule has 0 fully saturated rings. The highest BCUT2D eigenvalue weighted by Crippen LogP contribution is 2.25. The van der Waals surface area contributed by atoms with Crippen LogP contribution in [0.3, 0.4) is 0 Å². The first kappa shape index (κ1) is 18.5. The van der Waals surface area contributed by atoms with Crippen LogP contribution in [0.1, 0.15) is 5.56 Å². The summed E-state index contributed by atoms with van der Waals surface area (Å²) in [6.45, 7) is 0.164. The number of hydrogen-bond donors (Lipinski definition) is 2. The van der Waals surface area contributed by atoms with Crippen molar-refractivity contribution < 1.29 is 19.0 Å². The minimum Gasteiger partial charge on any atom is -0.493 e.